The van der Waals surface area contributed by atoms with Crippen molar-refractivity contribution in [3.05, 3.63) is 47.8 Å². The lowest BCUT2D eigenvalue weighted by Gasteiger charge is -2.18. The second-order valence-corrected chi connectivity index (χ2v) is 7.51. The van der Waals surface area contributed by atoms with Crippen LogP contribution in [0.2, 0.25) is 0 Å². The molecule has 0 unspecified atom stereocenters. The van der Waals surface area contributed by atoms with Gasteiger partial charge in [0.05, 0.1) is 31.1 Å². The lowest BCUT2D eigenvalue weighted by molar-refractivity contribution is 0.0622. The Balaban J connectivity index is 1.31. The van der Waals surface area contributed by atoms with E-state index in [9.17, 15) is 4.79 Å². The molecule has 9 nitrogen and oxygen atoms in total. The van der Waals surface area contributed by atoms with Crippen LogP contribution >= 0.6 is 0 Å². The van der Waals surface area contributed by atoms with Crippen LogP contribution < -0.4 is 10.6 Å². The normalized spacial score (nSPS) is 26.4. The second kappa shape index (κ2) is 8.26. The van der Waals surface area contributed by atoms with Gasteiger partial charge in [0.2, 0.25) is 0 Å². The van der Waals surface area contributed by atoms with Crippen molar-refractivity contribution in [3.8, 4) is 0 Å². The number of nitrogens with zero attached hydrogens (tertiary/aromatic N) is 4. The summed E-state index contributed by atoms with van der Waals surface area (Å²) < 4.78 is 13.7. The van der Waals surface area contributed by atoms with E-state index < -0.39 is 0 Å². The molecule has 0 radical (unpaired) electrons. The maximum absolute atomic E-state index is 12.3. The van der Waals surface area contributed by atoms with Crippen LogP contribution in [-0.2, 0) is 22.6 Å². The van der Waals surface area contributed by atoms with Gasteiger partial charge in [0.15, 0.2) is 0 Å². The van der Waals surface area contributed by atoms with Crippen LogP contribution in [0.25, 0.3) is 0 Å². The molecule has 0 saturated carbocycles. The first kappa shape index (κ1) is 18.9. The van der Waals surface area contributed by atoms with Crippen LogP contribution in [0, 0.1) is 0 Å². The average Bonchev–Trinajstić information content (AvgIpc) is 3.38. The third-order valence-corrected chi connectivity index (χ3v) is 5.02. The molecule has 2 aliphatic rings. The molecule has 2 aromatic rings. The first-order valence-corrected chi connectivity index (χ1v) is 9.47. The summed E-state index contributed by atoms with van der Waals surface area (Å²) in [7, 11) is 3.99. The zero-order chi connectivity index (χ0) is 19.5. The van der Waals surface area contributed by atoms with E-state index in [1.54, 1.807) is 0 Å². The van der Waals surface area contributed by atoms with Crippen LogP contribution in [0.1, 0.15) is 17.3 Å². The molecule has 0 spiro atoms. The van der Waals surface area contributed by atoms with Gasteiger partial charge in [0.1, 0.15) is 18.2 Å². The number of hydrogen-bond acceptors (Lipinski definition) is 6. The molecule has 2 aliphatic heterocycles. The predicted octanol–water partition coefficient (Wildman–Crippen LogP) is 0.546. The molecule has 3 heterocycles. The van der Waals surface area contributed by atoms with Crippen molar-refractivity contribution in [2.75, 3.05) is 27.3 Å². The third-order valence-electron chi connectivity index (χ3n) is 5.02. The Kier molecular flexibility index (Phi) is 5.56. The lowest BCUT2D eigenvalue weighted by atomic mass is 10.1. The van der Waals surface area contributed by atoms with Crippen molar-refractivity contribution in [2.24, 2.45) is 0 Å². The molecule has 2 saturated heterocycles. The van der Waals surface area contributed by atoms with Gasteiger partial charge in [-0.3, -0.25) is 0 Å². The summed E-state index contributed by atoms with van der Waals surface area (Å²) in [5.74, 6) is 0. The number of aromatic nitrogens is 3. The molecule has 9 heteroatoms. The zero-order valence-corrected chi connectivity index (χ0v) is 16.1. The number of nitrogens with one attached hydrogen (secondary N) is 2. The molecular weight excluding hydrogens is 360 g/mol. The van der Waals surface area contributed by atoms with Gasteiger partial charge >= 0.3 is 6.03 Å². The Bertz CT molecular complexity index is 796. The fraction of sp³-hybridized carbons (Fsp3) is 0.526. The minimum atomic E-state index is -0.223. The summed E-state index contributed by atoms with van der Waals surface area (Å²) in [6, 6.07) is 9.36. The summed E-state index contributed by atoms with van der Waals surface area (Å²) in [6.07, 6.45) is 1.61. The van der Waals surface area contributed by atoms with E-state index >= 15 is 0 Å². The molecule has 2 amide bonds. The van der Waals surface area contributed by atoms with E-state index in [1.807, 2.05) is 60.2 Å². The molecule has 4 atom stereocenters. The number of urea groups is 1. The molecular formula is C19H26N6O3. The monoisotopic (exact) mass is 386 g/mol. The van der Waals surface area contributed by atoms with Crippen molar-refractivity contribution in [3.63, 3.8) is 0 Å². The Hall–Kier alpha value is -2.49. The van der Waals surface area contributed by atoms with Gasteiger partial charge in [-0.1, -0.05) is 35.5 Å². The highest BCUT2D eigenvalue weighted by atomic mass is 16.6. The van der Waals surface area contributed by atoms with Crippen molar-refractivity contribution in [1.82, 2.24) is 30.5 Å². The lowest BCUT2D eigenvalue weighted by Crippen LogP contribution is -2.48. The highest BCUT2D eigenvalue weighted by Gasteiger charge is 2.49. The van der Waals surface area contributed by atoms with Crippen LogP contribution in [0.15, 0.2) is 36.5 Å². The fourth-order valence-corrected chi connectivity index (χ4v) is 3.70. The number of rotatable bonds is 6. The predicted molar refractivity (Wildman–Crippen MR) is 102 cm³/mol. The maximum Gasteiger partial charge on any atom is 0.315 e. The van der Waals surface area contributed by atoms with Gasteiger partial charge in [0.25, 0.3) is 0 Å². The van der Waals surface area contributed by atoms with Gasteiger partial charge in [-0.15, -0.1) is 5.10 Å². The molecule has 2 fully saturated rings. The molecule has 1 aromatic carbocycles. The third kappa shape index (κ3) is 4.16. The summed E-state index contributed by atoms with van der Waals surface area (Å²) in [5, 5.41) is 14.3. The standard InChI is InChI=1S/C19H26N6O3/c1-24(2)9-14-10-25(23-22-14)16-12-28-17-15(11-27-18(16)17)21-19(26)20-8-13-6-4-3-5-7-13/h3-7,10,15-18H,8-9,11-12H2,1-2H3,(H2,20,21,26)/t15-,16-,17+,18+/m0/s1. The quantitative estimate of drug-likeness (QED) is 0.753. The Morgan fingerprint density at radius 2 is 2.00 bits per heavy atom. The molecule has 28 heavy (non-hydrogen) atoms. The van der Waals surface area contributed by atoms with E-state index in [0.29, 0.717) is 19.8 Å². The molecule has 4 rings (SSSR count). The van der Waals surface area contributed by atoms with Gasteiger partial charge in [-0.2, -0.15) is 0 Å². The van der Waals surface area contributed by atoms with Crippen LogP contribution in [0.4, 0.5) is 4.79 Å². The summed E-state index contributed by atoms with van der Waals surface area (Å²) in [6.45, 7) is 2.12. The van der Waals surface area contributed by atoms with Crippen molar-refractivity contribution in [2.45, 2.75) is 37.4 Å². The topological polar surface area (TPSA) is 93.5 Å². The summed E-state index contributed by atoms with van der Waals surface area (Å²) in [5.41, 5.74) is 1.96. The number of benzene rings is 1. The highest BCUT2D eigenvalue weighted by Crippen LogP contribution is 2.33. The average molecular weight is 386 g/mol. The number of fused-ring (bicyclic) bond motifs is 1. The minimum absolute atomic E-state index is 0.0346. The van der Waals surface area contributed by atoms with Gasteiger partial charge in [-0.05, 0) is 19.7 Å². The van der Waals surface area contributed by atoms with Crippen molar-refractivity contribution >= 4 is 6.03 Å². The molecule has 150 valence electrons. The van der Waals surface area contributed by atoms with Crippen molar-refractivity contribution < 1.29 is 14.3 Å². The highest BCUT2D eigenvalue weighted by molar-refractivity contribution is 5.74. The Morgan fingerprint density at radius 1 is 1.21 bits per heavy atom. The van der Waals surface area contributed by atoms with E-state index in [1.165, 1.54) is 0 Å². The smallest absolute Gasteiger partial charge is 0.315 e. The zero-order valence-electron chi connectivity index (χ0n) is 16.1. The first-order valence-electron chi connectivity index (χ1n) is 9.47. The Morgan fingerprint density at radius 3 is 2.79 bits per heavy atom. The Labute approximate surface area is 164 Å². The van der Waals surface area contributed by atoms with Gasteiger partial charge in [0, 0.05) is 13.1 Å². The van der Waals surface area contributed by atoms with Crippen LogP contribution in [0.5, 0.6) is 0 Å². The molecule has 2 N–H and O–H groups in total. The van der Waals surface area contributed by atoms with Crippen molar-refractivity contribution in [1.29, 1.82) is 0 Å². The number of ether oxygens (including phenoxy) is 2. The molecule has 1 aromatic heterocycles. The number of amides is 2. The number of carbonyl (C=O) groups is 1. The number of carbonyl (C=O) groups excluding carboxylic acids is 1. The number of hydrogen-bond donors (Lipinski definition) is 2. The SMILES string of the molecule is CN(C)Cc1cn([C@H]2CO[C@H]3[C@@H]2OC[C@@H]3NC(=O)NCc2ccccc2)nn1. The maximum atomic E-state index is 12.3. The first-order chi connectivity index (χ1) is 13.6. The van der Waals surface area contributed by atoms with E-state index in [4.69, 9.17) is 9.47 Å². The van der Waals surface area contributed by atoms with E-state index in [0.717, 1.165) is 17.8 Å². The summed E-state index contributed by atoms with van der Waals surface area (Å²) in [4.78, 5) is 14.3. The summed E-state index contributed by atoms with van der Waals surface area (Å²) >= 11 is 0. The van der Waals surface area contributed by atoms with E-state index in [2.05, 4.69) is 20.9 Å². The van der Waals surface area contributed by atoms with Gasteiger partial charge < -0.3 is 25.0 Å². The van der Waals surface area contributed by atoms with Crippen LogP contribution in [0.3, 0.4) is 0 Å². The van der Waals surface area contributed by atoms with Gasteiger partial charge in [-0.25, -0.2) is 9.48 Å². The minimum Gasteiger partial charge on any atom is -0.371 e. The van der Waals surface area contributed by atoms with Crippen LogP contribution in [-0.4, -0.2) is 71.5 Å². The van der Waals surface area contributed by atoms with E-state index in [-0.39, 0.29) is 30.3 Å². The second-order valence-electron chi connectivity index (χ2n) is 7.51. The fourth-order valence-electron chi connectivity index (χ4n) is 3.70. The molecule has 0 aliphatic carbocycles. The molecule has 0 bridgehead atoms. The largest absolute Gasteiger partial charge is 0.371 e.